The minimum atomic E-state index is -1.26. The Morgan fingerprint density at radius 3 is 2.38 bits per heavy atom. The van der Waals surface area contributed by atoms with Crippen molar-refractivity contribution >= 4 is 23.4 Å². The largest absolute Gasteiger partial charge is 0.478 e. The number of nitrogens with zero attached hydrogens (tertiary/aromatic N) is 3. The number of nitro groups is 1. The lowest BCUT2D eigenvalue weighted by atomic mass is 10.3. The van der Waals surface area contributed by atoms with Crippen LogP contribution in [0, 0.1) is 10.1 Å². The molecule has 1 aliphatic heterocycles. The van der Waals surface area contributed by atoms with E-state index in [-0.39, 0.29) is 5.82 Å². The van der Waals surface area contributed by atoms with Crippen LogP contribution in [0.4, 0.5) is 11.5 Å². The molecule has 0 radical (unpaired) electrons. The summed E-state index contributed by atoms with van der Waals surface area (Å²) in [6, 6.07) is 3.21. The minimum absolute atomic E-state index is 0.100. The van der Waals surface area contributed by atoms with Crippen LogP contribution in [0.2, 0.25) is 0 Å². The lowest BCUT2D eigenvalue weighted by Gasteiger charge is -2.20. The number of anilines is 1. The van der Waals surface area contributed by atoms with Gasteiger partial charge in [0.2, 0.25) is 0 Å². The summed E-state index contributed by atoms with van der Waals surface area (Å²) < 4.78 is 0. The van der Waals surface area contributed by atoms with Crippen molar-refractivity contribution in [2.24, 2.45) is 0 Å². The second-order valence-electron chi connectivity index (χ2n) is 4.73. The molecule has 0 spiro atoms. The number of hydrogen-bond donors (Lipinski definition) is 3. The zero-order valence-corrected chi connectivity index (χ0v) is 12.8. The number of aliphatic carboxylic acids is 2. The normalized spacial score (nSPS) is 14.4. The van der Waals surface area contributed by atoms with Gasteiger partial charge in [0.05, 0.1) is 5.69 Å². The molecule has 1 aromatic rings. The molecule has 0 aromatic carbocycles. The first-order valence-corrected chi connectivity index (χ1v) is 7.10. The van der Waals surface area contributed by atoms with Crippen molar-refractivity contribution in [3.8, 4) is 0 Å². The van der Waals surface area contributed by atoms with Crippen LogP contribution in [0.3, 0.4) is 0 Å². The van der Waals surface area contributed by atoms with Gasteiger partial charge in [-0.25, -0.2) is 9.59 Å². The van der Waals surface area contributed by atoms with Gasteiger partial charge in [0.25, 0.3) is 0 Å². The molecule has 130 valence electrons. The number of pyridine rings is 1. The van der Waals surface area contributed by atoms with Crippen LogP contribution < -0.4 is 10.2 Å². The number of carboxylic acids is 2. The molecule has 1 fully saturated rings. The number of rotatable bonds is 4. The highest BCUT2D eigenvalue weighted by Crippen LogP contribution is 2.16. The summed E-state index contributed by atoms with van der Waals surface area (Å²) in [5.41, 5.74) is 0.953. The molecule has 24 heavy (non-hydrogen) atoms. The lowest BCUT2D eigenvalue weighted by molar-refractivity contribution is -0.389. The van der Waals surface area contributed by atoms with E-state index in [2.05, 4.69) is 15.2 Å². The molecule has 0 atom stereocenters. The van der Waals surface area contributed by atoms with Crippen molar-refractivity contribution < 1.29 is 24.7 Å². The molecule has 2 heterocycles. The molecule has 0 bridgehead atoms. The molecule has 3 N–H and O–H groups in total. The average Bonchev–Trinajstić information content (AvgIpc) is 2.83. The Kier molecular flexibility index (Phi) is 7.85. The maximum atomic E-state index is 10.5. The van der Waals surface area contributed by atoms with E-state index in [4.69, 9.17) is 10.2 Å². The van der Waals surface area contributed by atoms with E-state index in [1.165, 1.54) is 6.07 Å². The van der Waals surface area contributed by atoms with Gasteiger partial charge in [-0.1, -0.05) is 0 Å². The van der Waals surface area contributed by atoms with Crippen molar-refractivity contribution in [3.05, 3.63) is 40.6 Å². The van der Waals surface area contributed by atoms with Gasteiger partial charge in [-0.15, -0.1) is 0 Å². The predicted octanol–water partition coefficient (Wildman–Crippen LogP) is 0.501. The molecule has 1 aliphatic rings. The standard InChI is InChI=1S/C10H14N4O2.C4H4O4/c15-14(16)10-3-2-9(8-12-10)13-6-1-4-11-5-7-13;5-3(6)1-2-4(7)8/h2-3,8,11H,1,4-7H2;1-2H,(H,5,6)(H,7,8)/b;2-1+. The van der Waals surface area contributed by atoms with Crippen molar-refractivity contribution in [1.82, 2.24) is 10.3 Å². The first-order chi connectivity index (χ1) is 11.4. The van der Waals surface area contributed by atoms with Crippen LogP contribution in [0.25, 0.3) is 0 Å². The fourth-order valence-corrected chi connectivity index (χ4v) is 1.92. The average molecular weight is 338 g/mol. The summed E-state index contributed by atoms with van der Waals surface area (Å²) >= 11 is 0. The summed E-state index contributed by atoms with van der Waals surface area (Å²) in [7, 11) is 0. The zero-order chi connectivity index (χ0) is 17.9. The van der Waals surface area contributed by atoms with Crippen LogP contribution >= 0.6 is 0 Å². The SMILES string of the molecule is O=C(O)/C=C/C(=O)O.O=[N+]([O-])c1ccc(N2CCCNCC2)cn1. The highest BCUT2D eigenvalue weighted by Gasteiger charge is 2.13. The third kappa shape index (κ3) is 7.31. The van der Waals surface area contributed by atoms with E-state index in [1.807, 2.05) is 0 Å². The van der Waals surface area contributed by atoms with Gasteiger partial charge >= 0.3 is 17.8 Å². The number of carbonyl (C=O) groups is 2. The van der Waals surface area contributed by atoms with Gasteiger partial charge in [-0.3, -0.25) is 0 Å². The molecule has 1 aromatic heterocycles. The van der Waals surface area contributed by atoms with Gasteiger partial charge in [0.15, 0.2) is 6.20 Å². The summed E-state index contributed by atoms with van der Waals surface area (Å²) in [6.45, 7) is 3.85. The zero-order valence-electron chi connectivity index (χ0n) is 12.8. The Labute approximate surface area is 137 Å². The van der Waals surface area contributed by atoms with E-state index in [0.717, 1.165) is 38.3 Å². The molecular formula is C14H18N4O6. The van der Waals surface area contributed by atoms with E-state index >= 15 is 0 Å². The monoisotopic (exact) mass is 338 g/mol. The van der Waals surface area contributed by atoms with E-state index in [1.54, 1.807) is 12.3 Å². The van der Waals surface area contributed by atoms with Crippen LogP contribution in [0.15, 0.2) is 30.5 Å². The minimum Gasteiger partial charge on any atom is -0.478 e. The van der Waals surface area contributed by atoms with E-state index in [9.17, 15) is 19.7 Å². The van der Waals surface area contributed by atoms with Crippen molar-refractivity contribution in [2.75, 3.05) is 31.1 Å². The third-order valence-electron chi connectivity index (χ3n) is 2.99. The number of carboxylic acid groups (broad SMARTS) is 2. The molecule has 1 saturated heterocycles. The first-order valence-electron chi connectivity index (χ1n) is 7.10. The van der Waals surface area contributed by atoms with Crippen LogP contribution in [-0.4, -0.2) is 58.2 Å². The maximum absolute atomic E-state index is 10.5. The van der Waals surface area contributed by atoms with Gasteiger partial charge in [0, 0.05) is 37.9 Å². The Bertz CT molecular complexity index is 578. The van der Waals surface area contributed by atoms with Crippen LogP contribution in [-0.2, 0) is 9.59 Å². The Balaban J connectivity index is 0.000000307. The van der Waals surface area contributed by atoms with Gasteiger partial charge in [-0.05, 0) is 28.9 Å². The van der Waals surface area contributed by atoms with Gasteiger partial charge < -0.3 is 30.5 Å². The molecule has 10 heteroatoms. The van der Waals surface area contributed by atoms with E-state index < -0.39 is 16.9 Å². The smallest absolute Gasteiger partial charge is 0.363 e. The number of nitrogens with one attached hydrogen (secondary N) is 1. The van der Waals surface area contributed by atoms with Crippen LogP contribution in [0.1, 0.15) is 6.42 Å². The third-order valence-corrected chi connectivity index (χ3v) is 2.99. The Morgan fingerprint density at radius 2 is 1.88 bits per heavy atom. The lowest BCUT2D eigenvalue weighted by Crippen LogP contribution is -2.27. The van der Waals surface area contributed by atoms with Crippen molar-refractivity contribution in [3.63, 3.8) is 0 Å². The summed E-state index contributed by atoms with van der Waals surface area (Å²) in [5.74, 6) is -2.61. The van der Waals surface area contributed by atoms with E-state index in [0.29, 0.717) is 12.2 Å². The number of aromatic nitrogens is 1. The van der Waals surface area contributed by atoms with Gasteiger partial charge in [-0.2, -0.15) is 0 Å². The highest BCUT2D eigenvalue weighted by atomic mass is 16.6. The second-order valence-corrected chi connectivity index (χ2v) is 4.73. The Morgan fingerprint density at radius 1 is 1.21 bits per heavy atom. The second kappa shape index (κ2) is 9.90. The first kappa shape index (κ1) is 19.0. The summed E-state index contributed by atoms with van der Waals surface area (Å²) in [5, 5.41) is 29.4. The predicted molar refractivity (Wildman–Crippen MR) is 85.0 cm³/mol. The molecular weight excluding hydrogens is 320 g/mol. The highest BCUT2D eigenvalue weighted by molar-refractivity contribution is 5.89. The summed E-state index contributed by atoms with van der Waals surface area (Å²) in [6.07, 6.45) is 3.77. The number of hydrogen-bond acceptors (Lipinski definition) is 7. The molecule has 0 saturated carbocycles. The quantitative estimate of drug-likeness (QED) is 0.405. The van der Waals surface area contributed by atoms with Crippen molar-refractivity contribution in [2.45, 2.75) is 6.42 Å². The molecule has 0 unspecified atom stereocenters. The molecule has 0 aliphatic carbocycles. The fraction of sp³-hybridized carbons (Fsp3) is 0.357. The topological polar surface area (TPSA) is 146 Å². The Hall–Kier alpha value is -3.01. The molecule has 2 rings (SSSR count). The maximum Gasteiger partial charge on any atom is 0.363 e. The molecule has 0 amide bonds. The van der Waals surface area contributed by atoms with Gasteiger partial charge in [0.1, 0.15) is 0 Å². The molecule has 10 nitrogen and oxygen atoms in total. The van der Waals surface area contributed by atoms with Crippen molar-refractivity contribution in [1.29, 1.82) is 0 Å². The summed E-state index contributed by atoms with van der Waals surface area (Å²) in [4.78, 5) is 35.1. The fourth-order valence-electron chi connectivity index (χ4n) is 1.92. The van der Waals surface area contributed by atoms with Crippen LogP contribution in [0.5, 0.6) is 0 Å².